The van der Waals surface area contributed by atoms with Crippen molar-refractivity contribution in [2.24, 2.45) is 5.92 Å². The molecule has 196 valence electrons. The maximum atomic E-state index is 12.3. The van der Waals surface area contributed by atoms with E-state index in [2.05, 4.69) is 6.58 Å². The number of carbonyl (C=O) groups is 4. The number of ether oxygens (including phenoxy) is 2. The first-order chi connectivity index (χ1) is 17.8. The lowest BCUT2D eigenvalue weighted by Crippen LogP contribution is -2.42. The minimum Gasteiger partial charge on any atom is -0.447 e. The normalized spacial score (nSPS) is 19.4. The standard InChI is InChI=1S/C16H19NO3.C13H15NO3/c1-3-7-12(2)15(18)17-14(11-20-16(17)19)10-13-8-5-4-6-9-13;1-2-12(15)14-11(9-17-13(14)16)8-10-6-4-3-5-7-10/h3-6,8-9,12,14H,1,7,10-11H2,2H3;3-7,11H,2,8-9H2,1H3/t12-,14+;11-/m01/s1. The first-order valence-corrected chi connectivity index (χ1v) is 12.5. The van der Waals surface area contributed by atoms with Gasteiger partial charge in [0.1, 0.15) is 13.2 Å². The van der Waals surface area contributed by atoms with Gasteiger partial charge in [-0.25, -0.2) is 19.4 Å². The van der Waals surface area contributed by atoms with Gasteiger partial charge in [-0.1, -0.05) is 80.6 Å². The minimum atomic E-state index is -0.535. The molecular formula is C29H34N2O6. The zero-order valence-electron chi connectivity index (χ0n) is 21.4. The fraction of sp³-hybridized carbons (Fsp3) is 0.379. The Labute approximate surface area is 217 Å². The molecule has 37 heavy (non-hydrogen) atoms. The van der Waals surface area contributed by atoms with E-state index in [1.54, 1.807) is 19.9 Å². The van der Waals surface area contributed by atoms with Gasteiger partial charge in [0, 0.05) is 12.3 Å². The molecule has 2 aliphatic heterocycles. The van der Waals surface area contributed by atoms with E-state index in [9.17, 15) is 19.2 Å². The number of nitrogens with zero attached hydrogens (tertiary/aromatic N) is 2. The highest BCUT2D eigenvalue weighted by molar-refractivity contribution is 5.95. The largest absolute Gasteiger partial charge is 0.447 e. The number of amides is 4. The Bertz CT molecular complexity index is 1090. The first-order valence-electron chi connectivity index (χ1n) is 12.5. The summed E-state index contributed by atoms with van der Waals surface area (Å²) in [5.74, 6) is -0.613. The third-order valence-corrected chi connectivity index (χ3v) is 6.30. The lowest BCUT2D eigenvalue weighted by Gasteiger charge is -2.22. The van der Waals surface area contributed by atoms with Crippen LogP contribution in [0.2, 0.25) is 0 Å². The van der Waals surface area contributed by atoms with Crippen LogP contribution in [-0.2, 0) is 31.9 Å². The van der Waals surface area contributed by atoms with Crippen molar-refractivity contribution in [2.45, 2.75) is 51.6 Å². The molecule has 2 aromatic carbocycles. The number of rotatable bonds is 8. The topological polar surface area (TPSA) is 93.2 Å². The average Bonchev–Trinajstić information content (AvgIpc) is 3.46. The summed E-state index contributed by atoms with van der Waals surface area (Å²) in [7, 11) is 0. The van der Waals surface area contributed by atoms with Gasteiger partial charge in [-0.2, -0.15) is 0 Å². The molecule has 0 saturated carbocycles. The Kier molecular flexibility index (Phi) is 10.0. The Morgan fingerprint density at radius 3 is 1.81 bits per heavy atom. The van der Waals surface area contributed by atoms with Gasteiger partial charge in [0.25, 0.3) is 0 Å². The number of carbonyl (C=O) groups excluding carboxylic acids is 4. The molecule has 0 aliphatic carbocycles. The van der Waals surface area contributed by atoms with Gasteiger partial charge in [0.15, 0.2) is 0 Å². The molecule has 0 N–H and O–H groups in total. The van der Waals surface area contributed by atoms with Gasteiger partial charge in [-0.15, -0.1) is 6.58 Å². The second-order valence-electron chi connectivity index (χ2n) is 9.09. The monoisotopic (exact) mass is 506 g/mol. The number of benzene rings is 2. The van der Waals surface area contributed by atoms with Crippen LogP contribution in [0.25, 0.3) is 0 Å². The van der Waals surface area contributed by atoms with Crippen LogP contribution in [0.1, 0.15) is 37.8 Å². The summed E-state index contributed by atoms with van der Waals surface area (Å²) in [5, 5.41) is 0. The van der Waals surface area contributed by atoms with Crippen LogP contribution >= 0.6 is 0 Å². The van der Waals surface area contributed by atoms with E-state index in [-0.39, 0.29) is 36.4 Å². The summed E-state index contributed by atoms with van der Waals surface area (Å²) in [4.78, 5) is 49.7. The highest BCUT2D eigenvalue weighted by atomic mass is 16.6. The lowest BCUT2D eigenvalue weighted by atomic mass is 10.0. The highest BCUT2D eigenvalue weighted by Gasteiger charge is 2.39. The SMILES string of the molecule is C=CC[C@H](C)C(=O)N1C(=O)OC[C@H]1Cc1ccccc1.CCC(=O)N1C(=O)OC[C@H]1Cc1ccccc1. The van der Waals surface area contributed by atoms with Crippen molar-refractivity contribution in [1.82, 2.24) is 9.80 Å². The van der Waals surface area contributed by atoms with Gasteiger partial charge in [-0.3, -0.25) is 9.59 Å². The minimum absolute atomic E-state index is 0.169. The molecule has 4 amide bonds. The van der Waals surface area contributed by atoms with Crippen molar-refractivity contribution in [3.63, 3.8) is 0 Å². The van der Waals surface area contributed by atoms with Gasteiger partial charge in [0.2, 0.25) is 11.8 Å². The molecule has 0 unspecified atom stereocenters. The van der Waals surface area contributed by atoms with E-state index >= 15 is 0 Å². The number of hydrogen-bond acceptors (Lipinski definition) is 6. The molecule has 4 rings (SSSR count). The smallest absolute Gasteiger partial charge is 0.416 e. The third-order valence-electron chi connectivity index (χ3n) is 6.30. The quantitative estimate of drug-likeness (QED) is 0.479. The average molecular weight is 507 g/mol. The van der Waals surface area contributed by atoms with Crippen LogP contribution in [0, 0.1) is 5.92 Å². The second-order valence-corrected chi connectivity index (χ2v) is 9.09. The van der Waals surface area contributed by atoms with Crippen molar-refractivity contribution in [3.8, 4) is 0 Å². The first kappa shape index (κ1) is 27.6. The molecular weight excluding hydrogens is 472 g/mol. The molecule has 0 spiro atoms. The predicted octanol–water partition coefficient (Wildman–Crippen LogP) is 4.78. The summed E-state index contributed by atoms with van der Waals surface area (Å²) in [6, 6.07) is 19.2. The zero-order valence-corrected chi connectivity index (χ0v) is 21.4. The Hall–Kier alpha value is -3.94. The van der Waals surface area contributed by atoms with Gasteiger partial charge < -0.3 is 9.47 Å². The van der Waals surface area contributed by atoms with Crippen molar-refractivity contribution in [2.75, 3.05) is 13.2 Å². The van der Waals surface area contributed by atoms with E-state index < -0.39 is 12.2 Å². The number of hydrogen-bond donors (Lipinski definition) is 0. The number of allylic oxidation sites excluding steroid dienone is 1. The van der Waals surface area contributed by atoms with Crippen molar-refractivity contribution < 1.29 is 28.7 Å². The van der Waals surface area contributed by atoms with Gasteiger partial charge in [0.05, 0.1) is 12.1 Å². The summed E-state index contributed by atoms with van der Waals surface area (Å²) in [6.45, 7) is 7.73. The Morgan fingerprint density at radius 2 is 1.35 bits per heavy atom. The summed E-state index contributed by atoms with van der Waals surface area (Å²) in [6.07, 6.45) is 2.79. The summed E-state index contributed by atoms with van der Waals surface area (Å²) in [5.41, 5.74) is 2.19. The maximum Gasteiger partial charge on any atom is 0.416 e. The fourth-order valence-corrected chi connectivity index (χ4v) is 4.33. The lowest BCUT2D eigenvalue weighted by molar-refractivity contribution is -0.133. The molecule has 8 nitrogen and oxygen atoms in total. The van der Waals surface area contributed by atoms with Crippen LogP contribution in [0.3, 0.4) is 0 Å². The van der Waals surface area contributed by atoms with E-state index in [1.165, 1.54) is 9.80 Å². The van der Waals surface area contributed by atoms with E-state index in [4.69, 9.17) is 9.47 Å². The zero-order chi connectivity index (χ0) is 26.8. The molecule has 3 atom stereocenters. The molecule has 2 aromatic rings. The van der Waals surface area contributed by atoms with Crippen LogP contribution in [0.5, 0.6) is 0 Å². The van der Waals surface area contributed by atoms with Gasteiger partial charge >= 0.3 is 12.2 Å². The van der Waals surface area contributed by atoms with Crippen molar-refractivity contribution >= 4 is 24.0 Å². The highest BCUT2D eigenvalue weighted by Crippen LogP contribution is 2.21. The Balaban J connectivity index is 0.000000208. The van der Waals surface area contributed by atoms with Crippen LogP contribution in [-0.4, -0.2) is 59.1 Å². The molecule has 2 fully saturated rings. The molecule has 2 heterocycles. The Morgan fingerprint density at radius 1 is 0.892 bits per heavy atom. The maximum absolute atomic E-state index is 12.3. The van der Waals surface area contributed by atoms with Crippen molar-refractivity contribution in [1.29, 1.82) is 0 Å². The second kappa shape index (κ2) is 13.4. The fourth-order valence-electron chi connectivity index (χ4n) is 4.33. The van der Waals surface area contributed by atoms with E-state index in [0.717, 1.165) is 11.1 Å². The van der Waals surface area contributed by atoms with Crippen LogP contribution in [0.15, 0.2) is 73.3 Å². The summed E-state index contributed by atoms with van der Waals surface area (Å²) >= 11 is 0. The summed E-state index contributed by atoms with van der Waals surface area (Å²) < 4.78 is 9.98. The molecule has 2 aliphatic rings. The molecule has 0 bridgehead atoms. The number of cyclic esters (lactones) is 2. The van der Waals surface area contributed by atoms with E-state index in [1.807, 2.05) is 60.7 Å². The van der Waals surface area contributed by atoms with Gasteiger partial charge in [-0.05, 0) is 30.4 Å². The predicted molar refractivity (Wildman–Crippen MR) is 139 cm³/mol. The van der Waals surface area contributed by atoms with E-state index in [0.29, 0.717) is 32.3 Å². The molecule has 8 heteroatoms. The van der Waals surface area contributed by atoms with Crippen LogP contribution in [0.4, 0.5) is 9.59 Å². The molecule has 2 saturated heterocycles. The molecule has 0 radical (unpaired) electrons. The molecule has 0 aromatic heterocycles. The van der Waals surface area contributed by atoms with Crippen molar-refractivity contribution in [3.05, 3.63) is 84.4 Å². The number of imide groups is 2. The van der Waals surface area contributed by atoms with Crippen LogP contribution < -0.4 is 0 Å². The third kappa shape index (κ3) is 7.29.